The van der Waals surface area contributed by atoms with E-state index < -0.39 is 24.1 Å². The molecule has 1 amide bonds. The molecular weight excluding hydrogens is 206 g/mol. The Morgan fingerprint density at radius 1 is 1.60 bits per heavy atom. The van der Waals surface area contributed by atoms with E-state index in [1.54, 1.807) is 5.32 Å². The zero-order valence-electron chi connectivity index (χ0n) is 8.69. The van der Waals surface area contributed by atoms with E-state index in [1.165, 1.54) is 0 Å². The molecule has 0 aromatic carbocycles. The SMILES string of the molecule is COCC(F)(F)NC(=O)CC1(N)CCC1. The summed E-state index contributed by atoms with van der Waals surface area (Å²) < 4.78 is 30.0. The number of ether oxygens (including phenoxy) is 1. The highest BCUT2D eigenvalue weighted by Crippen LogP contribution is 2.32. The maximum absolute atomic E-state index is 12.9. The smallest absolute Gasteiger partial charge is 0.348 e. The number of halogens is 2. The molecule has 0 radical (unpaired) electrons. The number of rotatable bonds is 5. The van der Waals surface area contributed by atoms with Crippen LogP contribution in [-0.2, 0) is 9.53 Å². The second kappa shape index (κ2) is 4.40. The van der Waals surface area contributed by atoms with Gasteiger partial charge >= 0.3 is 6.05 Å². The summed E-state index contributed by atoms with van der Waals surface area (Å²) in [5.74, 6) is -0.723. The predicted molar refractivity (Wildman–Crippen MR) is 50.4 cm³/mol. The molecule has 15 heavy (non-hydrogen) atoms. The van der Waals surface area contributed by atoms with E-state index in [0.717, 1.165) is 26.4 Å². The Bertz CT molecular complexity index is 242. The first kappa shape index (κ1) is 12.3. The molecule has 0 aromatic rings. The molecule has 6 heteroatoms. The normalized spacial score (nSPS) is 19.5. The molecule has 0 aliphatic heterocycles. The van der Waals surface area contributed by atoms with Gasteiger partial charge in [0.15, 0.2) is 0 Å². The third-order valence-corrected chi connectivity index (χ3v) is 2.51. The summed E-state index contributed by atoms with van der Waals surface area (Å²) in [5.41, 5.74) is 5.18. The molecule has 4 nitrogen and oxygen atoms in total. The Balaban J connectivity index is 2.35. The third kappa shape index (κ3) is 3.71. The van der Waals surface area contributed by atoms with E-state index in [4.69, 9.17) is 5.73 Å². The van der Waals surface area contributed by atoms with Gasteiger partial charge in [0.1, 0.15) is 6.61 Å². The average molecular weight is 222 g/mol. The second-order valence-electron chi connectivity index (χ2n) is 4.08. The fourth-order valence-corrected chi connectivity index (χ4v) is 1.59. The number of carbonyl (C=O) groups excluding carboxylic acids is 1. The number of hydrogen-bond acceptors (Lipinski definition) is 3. The highest BCUT2D eigenvalue weighted by molar-refractivity contribution is 5.77. The second-order valence-corrected chi connectivity index (χ2v) is 4.08. The topological polar surface area (TPSA) is 64.3 Å². The Labute approximate surface area is 87.1 Å². The molecule has 1 fully saturated rings. The van der Waals surface area contributed by atoms with Crippen LogP contribution in [0.5, 0.6) is 0 Å². The van der Waals surface area contributed by atoms with E-state index in [0.29, 0.717) is 0 Å². The summed E-state index contributed by atoms with van der Waals surface area (Å²) >= 11 is 0. The zero-order valence-corrected chi connectivity index (χ0v) is 8.69. The Morgan fingerprint density at radius 3 is 2.60 bits per heavy atom. The molecule has 0 atom stereocenters. The summed E-state index contributed by atoms with van der Waals surface area (Å²) in [6.45, 7) is -0.823. The van der Waals surface area contributed by atoms with Gasteiger partial charge in [0.25, 0.3) is 0 Å². The van der Waals surface area contributed by atoms with Gasteiger partial charge in [-0.2, -0.15) is 8.78 Å². The fourth-order valence-electron chi connectivity index (χ4n) is 1.59. The monoisotopic (exact) mass is 222 g/mol. The van der Waals surface area contributed by atoms with Crippen molar-refractivity contribution >= 4 is 5.91 Å². The molecule has 0 spiro atoms. The van der Waals surface area contributed by atoms with Gasteiger partial charge in [0.2, 0.25) is 5.91 Å². The van der Waals surface area contributed by atoms with Gasteiger partial charge in [-0.25, -0.2) is 0 Å². The molecule has 0 saturated heterocycles. The average Bonchev–Trinajstić information content (AvgIpc) is 1.99. The molecule has 0 bridgehead atoms. The predicted octanol–water partition coefficient (Wildman–Crippen LogP) is 0.613. The number of amides is 1. The van der Waals surface area contributed by atoms with Crippen LogP contribution in [0.4, 0.5) is 8.78 Å². The van der Waals surface area contributed by atoms with Crippen LogP contribution in [0.25, 0.3) is 0 Å². The molecule has 0 unspecified atom stereocenters. The van der Waals surface area contributed by atoms with Crippen LogP contribution in [0.2, 0.25) is 0 Å². The fraction of sp³-hybridized carbons (Fsp3) is 0.889. The van der Waals surface area contributed by atoms with Gasteiger partial charge in [0.05, 0.1) is 0 Å². The van der Waals surface area contributed by atoms with Crippen molar-refractivity contribution in [1.82, 2.24) is 5.32 Å². The quantitative estimate of drug-likeness (QED) is 0.670. The molecule has 1 aliphatic rings. The highest BCUT2D eigenvalue weighted by Gasteiger charge is 2.38. The van der Waals surface area contributed by atoms with Crippen molar-refractivity contribution < 1.29 is 18.3 Å². The van der Waals surface area contributed by atoms with Crippen molar-refractivity contribution in [1.29, 1.82) is 0 Å². The van der Waals surface area contributed by atoms with Crippen LogP contribution >= 0.6 is 0 Å². The van der Waals surface area contributed by atoms with E-state index in [9.17, 15) is 13.6 Å². The Kier molecular flexibility index (Phi) is 3.62. The maximum atomic E-state index is 12.9. The molecule has 1 saturated carbocycles. The van der Waals surface area contributed by atoms with Crippen molar-refractivity contribution in [3.63, 3.8) is 0 Å². The van der Waals surface area contributed by atoms with Gasteiger partial charge < -0.3 is 10.5 Å². The zero-order chi connectivity index (χ0) is 11.5. The molecule has 88 valence electrons. The lowest BCUT2D eigenvalue weighted by Gasteiger charge is -2.37. The van der Waals surface area contributed by atoms with Gasteiger partial charge in [-0.15, -0.1) is 0 Å². The van der Waals surface area contributed by atoms with Crippen LogP contribution in [0.15, 0.2) is 0 Å². The van der Waals surface area contributed by atoms with Crippen LogP contribution in [0.3, 0.4) is 0 Å². The molecule has 1 aliphatic carbocycles. The Hall–Kier alpha value is -0.750. The van der Waals surface area contributed by atoms with E-state index in [1.807, 2.05) is 0 Å². The lowest BCUT2D eigenvalue weighted by Crippen LogP contribution is -2.53. The van der Waals surface area contributed by atoms with Gasteiger partial charge in [-0.05, 0) is 19.3 Å². The van der Waals surface area contributed by atoms with E-state index in [-0.39, 0.29) is 6.42 Å². The van der Waals surface area contributed by atoms with E-state index >= 15 is 0 Å². The summed E-state index contributed by atoms with van der Waals surface area (Å²) in [6.07, 6.45) is 2.34. The minimum absolute atomic E-state index is 0.0493. The van der Waals surface area contributed by atoms with Crippen LogP contribution in [-0.4, -0.2) is 31.2 Å². The van der Waals surface area contributed by atoms with Gasteiger partial charge in [0, 0.05) is 19.1 Å². The summed E-state index contributed by atoms with van der Waals surface area (Å²) in [6, 6.07) is -3.31. The van der Waals surface area contributed by atoms with Crippen molar-refractivity contribution in [3.8, 4) is 0 Å². The van der Waals surface area contributed by atoms with Crippen LogP contribution < -0.4 is 11.1 Å². The number of alkyl halides is 2. The van der Waals surface area contributed by atoms with E-state index in [2.05, 4.69) is 4.74 Å². The maximum Gasteiger partial charge on any atom is 0.348 e. The molecule has 1 rings (SSSR count). The minimum Gasteiger partial charge on any atom is -0.376 e. The van der Waals surface area contributed by atoms with Crippen molar-refractivity contribution in [3.05, 3.63) is 0 Å². The van der Waals surface area contributed by atoms with Gasteiger partial charge in [-0.1, -0.05) is 0 Å². The minimum atomic E-state index is -3.31. The first-order valence-electron chi connectivity index (χ1n) is 4.84. The summed E-state index contributed by atoms with van der Waals surface area (Å²) in [7, 11) is 1.15. The lowest BCUT2D eigenvalue weighted by molar-refractivity contribution is -0.141. The van der Waals surface area contributed by atoms with Gasteiger partial charge in [-0.3, -0.25) is 10.1 Å². The number of carbonyl (C=O) groups is 1. The molecular formula is C9H16F2N2O2. The molecule has 0 aromatic heterocycles. The summed E-state index contributed by atoms with van der Waals surface area (Å²) in [4.78, 5) is 11.2. The lowest BCUT2D eigenvalue weighted by atomic mass is 9.75. The number of nitrogens with one attached hydrogen (secondary N) is 1. The summed E-state index contributed by atoms with van der Waals surface area (Å²) in [5, 5.41) is 1.60. The number of nitrogens with two attached hydrogens (primary N) is 1. The third-order valence-electron chi connectivity index (χ3n) is 2.51. The Morgan fingerprint density at radius 2 is 2.20 bits per heavy atom. The largest absolute Gasteiger partial charge is 0.376 e. The number of hydrogen-bond donors (Lipinski definition) is 2. The standard InChI is InChI=1S/C9H16F2N2O2/c1-15-6-9(10,11)13-7(14)5-8(12)3-2-4-8/h2-6,12H2,1H3,(H,13,14). The van der Waals surface area contributed by atoms with Crippen molar-refractivity contribution in [2.75, 3.05) is 13.7 Å². The van der Waals surface area contributed by atoms with Crippen molar-refractivity contribution in [2.24, 2.45) is 5.73 Å². The number of methoxy groups -OCH3 is 1. The van der Waals surface area contributed by atoms with Crippen molar-refractivity contribution in [2.45, 2.75) is 37.3 Å². The first-order valence-corrected chi connectivity index (χ1v) is 4.84. The molecule has 0 heterocycles. The van der Waals surface area contributed by atoms with Crippen LogP contribution in [0, 0.1) is 0 Å². The molecule has 3 N–H and O–H groups in total. The van der Waals surface area contributed by atoms with Crippen LogP contribution in [0.1, 0.15) is 25.7 Å². The first-order chi connectivity index (χ1) is 6.87. The highest BCUT2D eigenvalue weighted by atomic mass is 19.3.